The van der Waals surface area contributed by atoms with E-state index in [0.29, 0.717) is 6.04 Å². The number of hydrogen-bond acceptors (Lipinski definition) is 1. The van der Waals surface area contributed by atoms with Gasteiger partial charge in [0, 0.05) is 11.4 Å². The van der Waals surface area contributed by atoms with Gasteiger partial charge in [-0.2, -0.15) is 0 Å². The first-order chi connectivity index (χ1) is 7.18. The molecule has 1 heterocycles. The lowest BCUT2D eigenvalue weighted by Crippen LogP contribution is -3.06. The number of ether oxygens (including phenoxy) is 1. The number of benzene rings is 1. The molecular weight excluding hydrogens is 245 g/mol. The van der Waals surface area contributed by atoms with Crippen molar-refractivity contribution >= 4 is 11.6 Å². The maximum Gasteiger partial charge on any atom is 0.129 e. The van der Waals surface area contributed by atoms with E-state index in [0.717, 1.165) is 23.8 Å². The van der Waals surface area contributed by atoms with Crippen LogP contribution in [0.3, 0.4) is 0 Å². The van der Waals surface area contributed by atoms with Crippen molar-refractivity contribution in [3.63, 3.8) is 0 Å². The van der Waals surface area contributed by atoms with E-state index in [2.05, 4.69) is 20.2 Å². The van der Waals surface area contributed by atoms with Gasteiger partial charge in [0.15, 0.2) is 0 Å². The smallest absolute Gasteiger partial charge is 0.129 e. The normalized spacial score (nSPS) is 19.4. The summed E-state index contributed by atoms with van der Waals surface area (Å²) in [6.45, 7) is 0.803. The van der Waals surface area contributed by atoms with Crippen molar-refractivity contribution in [3.05, 3.63) is 28.8 Å². The number of fused-ring (bicyclic) bond motifs is 1. The lowest BCUT2D eigenvalue weighted by Gasteiger charge is -2.20. The van der Waals surface area contributed by atoms with Crippen molar-refractivity contribution in [2.24, 2.45) is 0 Å². The third kappa shape index (κ3) is 2.82. The van der Waals surface area contributed by atoms with Crippen molar-refractivity contribution in [3.8, 4) is 5.75 Å². The molecular formula is C12H17Cl2NO. The van der Waals surface area contributed by atoms with Crippen LogP contribution >= 0.6 is 11.6 Å². The van der Waals surface area contributed by atoms with Crippen LogP contribution in [0.15, 0.2) is 18.2 Å². The molecule has 1 unspecified atom stereocenters. The standard InChI is InChI=1S/C12H16ClNO.ClH/c1-14(2)11-4-3-7-15-12-8-9(13)5-6-10(11)12;/h5-6,8,11H,3-4,7H2,1-2H3;1H. The summed E-state index contributed by atoms with van der Waals surface area (Å²) >= 11 is 5.97. The molecule has 0 radical (unpaired) electrons. The maximum atomic E-state index is 5.97. The highest BCUT2D eigenvalue weighted by atomic mass is 35.5. The molecule has 16 heavy (non-hydrogen) atoms. The average Bonchev–Trinajstić information content (AvgIpc) is 2.38. The van der Waals surface area contributed by atoms with E-state index >= 15 is 0 Å². The van der Waals surface area contributed by atoms with E-state index in [4.69, 9.17) is 16.3 Å². The largest absolute Gasteiger partial charge is 1.00 e. The molecule has 4 heteroatoms. The van der Waals surface area contributed by atoms with Gasteiger partial charge in [0.2, 0.25) is 0 Å². The Morgan fingerprint density at radius 1 is 1.38 bits per heavy atom. The topological polar surface area (TPSA) is 13.7 Å². The first-order valence-corrected chi connectivity index (χ1v) is 5.78. The Morgan fingerprint density at radius 3 is 2.81 bits per heavy atom. The minimum atomic E-state index is 0. The Hall–Kier alpha value is -0.440. The van der Waals surface area contributed by atoms with Crippen LogP contribution in [0.5, 0.6) is 5.75 Å². The highest BCUT2D eigenvalue weighted by molar-refractivity contribution is 6.30. The fourth-order valence-electron chi connectivity index (χ4n) is 2.15. The maximum absolute atomic E-state index is 5.97. The second-order valence-corrected chi connectivity index (χ2v) is 4.74. The van der Waals surface area contributed by atoms with E-state index in [-0.39, 0.29) is 12.4 Å². The van der Waals surface area contributed by atoms with E-state index < -0.39 is 0 Å². The first-order valence-electron chi connectivity index (χ1n) is 5.41. The average molecular weight is 262 g/mol. The van der Waals surface area contributed by atoms with Crippen LogP contribution in [0, 0.1) is 0 Å². The van der Waals surface area contributed by atoms with Crippen LogP contribution in [0.2, 0.25) is 5.02 Å². The Balaban J connectivity index is 0.00000128. The van der Waals surface area contributed by atoms with Gasteiger partial charge in [0.05, 0.1) is 26.3 Å². The second-order valence-electron chi connectivity index (χ2n) is 4.30. The fourth-order valence-corrected chi connectivity index (χ4v) is 2.31. The molecule has 2 nitrogen and oxygen atoms in total. The Kier molecular flexibility index (Phi) is 4.90. The van der Waals surface area contributed by atoms with Crippen LogP contribution in [0.1, 0.15) is 24.4 Å². The van der Waals surface area contributed by atoms with Gasteiger partial charge in [-0.3, -0.25) is 0 Å². The lowest BCUT2D eigenvalue weighted by molar-refractivity contribution is -0.892. The zero-order chi connectivity index (χ0) is 10.8. The van der Waals surface area contributed by atoms with Crippen LogP contribution in [0.25, 0.3) is 0 Å². The van der Waals surface area contributed by atoms with Gasteiger partial charge < -0.3 is 22.0 Å². The van der Waals surface area contributed by atoms with Gasteiger partial charge in [0.25, 0.3) is 0 Å². The summed E-state index contributed by atoms with van der Waals surface area (Å²) in [6.07, 6.45) is 2.29. The molecule has 2 rings (SSSR count). The van der Waals surface area contributed by atoms with Gasteiger partial charge in [-0.25, -0.2) is 0 Å². The summed E-state index contributed by atoms with van der Waals surface area (Å²) in [4.78, 5) is 1.45. The molecule has 1 aliphatic rings. The van der Waals surface area contributed by atoms with Gasteiger partial charge in [-0.1, -0.05) is 11.6 Å². The third-order valence-corrected chi connectivity index (χ3v) is 3.18. The van der Waals surface area contributed by atoms with Gasteiger partial charge in [-0.15, -0.1) is 0 Å². The molecule has 1 aromatic rings. The number of quaternary nitrogens is 1. The van der Waals surface area contributed by atoms with E-state index in [1.165, 1.54) is 16.9 Å². The number of halogens is 2. The van der Waals surface area contributed by atoms with E-state index in [9.17, 15) is 0 Å². The molecule has 1 atom stereocenters. The first kappa shape index (κ1) is 13.6. The zero-order valence-corrected chi connectivity index (χ0v) is 11.1. The molecule has 1 N–H and O–H groups in total. The molecule has 0 saturated heterocycles. The molecule has 1 aromatic carbocycles. The minimum absolute atomic E-state index is 0. The highest BCUT2D eigenvalue weighted by Gasteiger charge is 2.24. The zero-order valence-electron chi connectivity index (χ0n) is 9.59. The molecule has 0 saturated carbocycles. The Morgan fingerprint density at radius 2 is 2.12 bits per heavy atom. The molecule has 0 aromatic heterocycles. The lowest BCUT2D eigenvalue weighted by atomic mass is 10.0. The monoisotopic (exact) mass is 261 g/mol. The predicted molar refractivity (Wildman–Crippen MR) is 61.7 cm³/mol. The van der Waals surface area contributed by atoms with Gasteiger partial charge in [-0.05, 0) is 24.6 Å². The van der Waals surface area contributed by atoms with Gasteiger partial charge in [0.1, 0.15) is 11.8 Å². The van der Waals surface area contributed by atoms with Crippen LogP contribution in [0.4, 0.5) is 0 Å². The summed E-state index contributed by atoms with van der Waals surface area (Å²) in [7, 11) is 4.38. The highest BCUT2D eigenvalue weighted by Crippen LogP contribution is 2.31. The second kappa shape index (κ2) is 5.76. The van der Waals surface area contributed by atoms with Crippen molar-refractivity contribution in [2.45, 2.75) is 18.9 Å². The predicted octanol–water partition coefficient (Wildman–Crippen LogP) is -1.30. The van der Waals surface area contributed by atoms with Crippen molar-refractivity contribution in [2.75, 3.05) is 20.7 Å². The number of rotatable bonds is 1. The van der Waals surface area contributed by atoms with E-state index in [1.807, 2.05) is 12.1 Å². The van der Waals surface area contributed by atoms with Crippen LogP contribution < -0.4 is 22.0 Å². The van der Waals surface area contributed by atoms with Crippen LogP contribution in [-0.2, 0) is 0 Å². The minimum Gasteiger partial charge on any atom is -1.00 e. The van der Waals surface area contributed by atoms with Crippen molar-refractivity contribution < 1.29 is 22.0 Å². The Labute approximate surface area is 108 Å². The van der Waals surface area contributed by atoms with Crippen molar-refractivity contribution in [1.29, 1.82) is 0 Å². The Bertz CT molecular complexity index is 355. The number of nitrogens with one attached hydrogen (secondary N) is 1. The molecule has 0 aliphatic carbocycles. The summed E-state index contributed by atoms with van der Waals surface area (Å²) in [5, 5.41) is 0.753. The summed E-state index contributed by atoms with van der Waals surface area (Å²) in [6, 6.07) is 6.50. The SMILES string of the molecule is C[NH+](C)C1CCCOc2cc(Cl)ccc21.[Cl-]. The van der Waals surface area contributed by atoms with Gasteiger partial charge >= 0.3 is 0 Å². The fraction of sp³-hybridized carbons (Fsp3) is 0.500. The quantitative estimate of drug-likeness (QED) is 0.664. The molecule has 0 spiro atoms. The van der Waals surface area contributed by atoms with Crippen LogP contribution in [-0.4, -0.2) is 20.7 Å². The summed E-state index contributed by atoms with van der Waals surface area (Å²) < 4.78 is 5.71. The number of hydrogen-bond donors (Lipinski definition) is 1. The molecule has 1 aliphatic heterocycles. The molecule has 0 fully saturated rings. The molecule has 90 valence electrons. The summed E-state index contributed by atoms with van der Waals surface area (Å²) in [5.41, 5.74) is 1.29. The van der Waals surface area contributed by atoms with Crippen molar-refractivity contribution in [1.82, 2.24) is 0 Å². The third-order valence-electron chi connectivity index (χ3n) is 2.94. The van der Waals surface area contributed by atoms with E-state index in [1.54, 1.807) is 0 Å². The molecule has 0 bridgehead atoms. The summed E-state index contributed by atoms with van der Waals surface area (Å²) in [5.74, 6) is 0.964. The molecule has 0 amide bonds.